The third-order valence-corrected chi connectivity index (χ3v) is 4.89. The Hall–Kier alpha value is -0.960. The fraction of sp³-hybridized carbons (Fsp3) is 0.333. The van der Waals surface area contributed by atoms with Crippen molar-refractivity contribution in [2.75, 3.05) is 0 Å². The molecule has 0 aliphatic carbocycles. The van der Waals surface area contributed by atoms with E-state index in [4.69, 9.17) is 4.98 Å². The topological polar surface area (TPSA) is 34.9 Å². The molecule has 0 saturated carbocycles. The van der Waals surface area contributed by atoms with E-state index in [9.17, 15) is 4.79 Å². The summed E-state index contributed by atoms with van der Waals surface area (Å²) in [5, 5.41) is 0. The molecular weight excluding hydrogens is 550 g/mol. The van der Waals surface area contributed by atoms with Crippen molar-refractivity contribution in [2.45, 2.75) is 50.0 Å². The van der Waals surface area contributed by atoms with Gasteiger partial charge in [0, 0.05) is 42.8 Å². The van der Waals surface area contributed by atoms with Gasteiger partial charge in [0.25, 0.3) is 5.91 Å². The van der Waals surface area contributed by atoms with Crippen molar-refractivity contribution in [2.24, 2.45) is 0 Å². The second-order valence-electron chi connectivity index (χ2n) is 5.81. The van der Waals surface area contributed by atoms with Crippen LogP contribution in [-0.4, -0.2) is 15.5 Å². The molecule has 1 aromatic heterocycles. The highest BCUT2D eigenvalue weighted by atomic mass is 128. The maximum absolute atomic E-state index is 12.9. The van der Waals surface area contributed by atoms with E-state index in [-0.39, 0.29) is 28.2 Å². The lowest BCUT2D eigenvalue weighted by Crippen LogP contribution is -2.08. The van der Waals surface area contributed by atoms with Crippen molar-refractivity contribution in [3.8, 4) is 11.4 Å². The van der Waals surface area contributed by atoms with Gasteiger partial charge in [-0.3, -0.25) is 9.36 Å². The summed E-state index contributed by atoms with van der Waals surface area (Å²) in [7, 11) is 0. The Morgan fingerprint density at radius 3 is 1.88 bits per heavy atom. The number of rotatable bonds is 0. The Bertz CT molecular complexity index is 959. The summed E-state index contributed by atoms with van der Waals surface area (Å²) in [5.74, 6) is 0.845. The number of hydrogen-bond acceptors (Lipinski definition) is 2. The molecule has 0 spiro atoms. The average molecular weight is 578 g/mol. The predicted molar refractivity (Wildman–Crippen MR) is 132 cm³/mol. The van der Waals surface area contributed by atoms with Crippen molar-refractivity contribution >= 4 is 54.2 Å². The standard InChI is InChI=1S/C18H16N2O.3CH4.I2/c1-9-10(2)12(4)16-15(11(9)3)17-19-13-7-5-6-8-14(13)20(17)18(16)21;;;;1-2/h5-8H,1-4H3;3*1H4;. The van der Waals surface area contributed by atoms with Gasteiger partial charge >= 0.3 is 0 Å². The van der Waals surface area contributed by atoms with Crippen LogP contribution in [0.25, 0.3) is 22.4 Å². The van der Waals surface area contributed by atoms with Gasteiger partial charge in [-0.1, -0.05) is 34.4 Å². The van der Waals surface area contributed by atoms with Gasteiger partial charge in [0.1, 0.15) is 5.82 Å². The van der Waals surface area contributed by atoms with E-state index < -0.39 is 0 Å². The molecule has 0 bridgehead atoms. The number of halogens is 2. The number of imidazole rings is 1. The Labute approximate surface area is 180 Å². The van der Waals surface area contributed by atoms with Crippen LogP contribution in [0.4, 0.5) is 0 Å². The normalized spacial score (nSPS) is 10.6. The molecule has 2 aromatic carbocycles. The van der Waals surface area contributed by atoms with Crippen LogP contribution in [0.2, 0.25) is 0 Å². The zero-order valence-electron chi connectivity index (χ0n) is 13.4. The van der Waals surface area contributed by atoms with E-state index in [0.29, 0.717) is 0 Å². The van der Waals surface area contributed by atoms with Crippen LogP contribution in [0, 0.1) is 27.7 Å². The van der Waals surface area contributed by atoms with Crippen LogP contribution in [0.5, 0.6) is 0 Å². The van der Waals surface area contributed by atoms with Crippen molar-refractivity contribution in [3.63, 3.8) is 0 Å². The van der Waals surface area contributed by atoms with Crippen LogP contribution in [0.1, 0.15) is 54.9 Å². The number of para-hydroxylation sites is 2. The van der Waals surface area contributed by atoms with Gasteiger partial charge in [-0.15, -0.1) is 0 Å². The number of carbonyl (C=O) groups excluding carboxylic acids is 1. The number of hydrogen-bond donors (Lipinski definition) is 0. The number of benzene rings is 2. The second-order valence-corrected chi connectivity index (χ2v) is 5.81. The van der Waals surface area contributed by atoms with Crippen molar-refractivity contribution in [1.82, 2.24) is 9.55 Å². The summed E-state index contributed by atoms with van der Waals surface area (Å²) in [6, 6.07) is 7.82. The van der Waals surface area contributed by atoms with E-state index in [1.165, 1.54) is 11.1 Å². The molecular formula is C21H28I2N2O. The quantitative estimate of drug-likeness (QED) is 0.201. The first-order chi connectivity index (χ1) is 11.0. The van der Waals surface area contributed by atoms with Gasteiger partial charge < -0.3 is 0 Å². The summed E-state index contributed by atoms with van der Waals surface area (Å²) < 4.78 is 1.76. The zero-order chi connectivity index (χ0) is 16.9. The Morgan fingerprint density at radius 1 is 0.808 bits per heavy atom. The van der Waals surface area contributed by atoms with E-state index >= 15 is 0 Å². The molecule has 0 N–H and O–H groups in total. The van der Waals surface area contributed by atoms with Crippen LogP contribution in [0.15, 0.2) is 24.3 Å². The average Bonchev–Trinajstić information content (AvgIpc) is 3.08. The zero-order valence-corrected chi connectivity index (χ0v) is 17.7. The number of aromatic nitrogens is 2. The summed E-state index contributed by atoms with van der Waals surface area (Å²) >= 11 is 4.24. The summed E-state index contributed by atoms with van der Waals surface area (Å²) in [6.07, 6.45) is 0. The van der Waals surface area contributed by atoms with Gasteiger partial charge in [-0.25, -0.2) is 4.98 Å². The minimum Gasteiger partial charge on any atom is -0.268 e. The van der Waals surface area contributed by atoms with Crippen LogP contribution < -0.4 is 0 Å². The first-order valence-corrected chi connectivity index (χ1v) is 13.6. The third kappa shape index (κ3) is 3.32. The molecule has 1 aliphatic heterocycles. The molecule has 1 aliphatic rings. The highest BCUT2D eigenvalue weighted by Crippen LogP contribution is 2.41. The summed E-state index contributed by atoms with van der Waals surface area (Å²) in [5.41, 5.74) is 8.29. The Kier molecular flexibility index (Phi) is 8.96. The molecule has 3 nitrogen and oxygen atoms in total. The van der Waals surface area contributed by atoms with Crippen LogP contribution >= 0.6 is 37.2 Å². The lowest BCUT2D eigenvalue weighted by Gasteiger charge is -2.13. The predicted octanol–water partition coefficient (Wildman–Crippen LogP) is 7.62. The largest absolute Gasteiger partial charge is 0.268 e. The fourth-order valence-corrected chi connectivity index (χ4v) is 3.37. The van der Waals surface area contributed by atoms with E-state index in [1.807, 2.05) is 31.2 Å². The summed E-state index contributed by atoms with van der Waals surface area (Å²) in [4.78, 5) is 17.6. The van der Waals surface area contributed by atoms with Gasteiger partial charge in [-0.05, 0) is 62.1 Å². The third-order valence-electron chi connectivity index (χ3n) is 4.89. The van der Waals surface area contributed by atoms with Crippen LogP contribution in [0.3, 0.4) is 0 Å². The number of fused-ring (bicyclic) bond motifs is 5. The SMILES string of the molecule is C.C.C.Cc1c(C)c(C)c2c(c1C)C(=O)n1c-2nc2ccccc21.II. The molecule has 0 amide bonds. The van der Waals surface area contributed by atoms with Gasteiger partial charge in [0.15, 0.2) is 0 Å². The highest BCUT2D eigenvalue weighted by Gasteiger charge is 2.34. The molecule has 26 heavy (non-hydrogen) atoms. The first-order valence-electron chi connectivity index (χ1n) is 7.29. The fourth-order valence-electron chi connectivity index (χ4n) is 3.37. The van der Waals surface area contributed by atoms with Crippen molar-refractivity contribution in [1.29, 1.82) is 0 Å². The molecule has 4 rings (SSSR count). The van der Waals surface area contributed by atoms with E-state index in [0.717, 1.165) is 39.1 Å². The van der Waals surface area contributed by atoms with Gasteiger partial charge in [0.2, 0.25) is 0 Å². The summed E-state index contributed by atoms with van der Waals surface area (Å²) in [6.45, 7) is 8.33. The molecule has 0 saturated heterocycles. The first kappa shape index (κ1) is 25.0. The van der Waals surface area contributed by atoms with Crippen molar-refractivity contribution in [3.05, 3.63) is 52.1 Å². The van der Waals surface area contributed by atoms with Crippen molar-refractivity contribution < 1.29 is 4.79 Å². The maximum Gasteiger partial charge on any atom is 0.265 e. The molecule has 142 valence electrons. The van der Waals surface area contributed by atoms with Gasteiger partial charge in [-0.2, -0.15) is 0 Å². The molecule has 0 atom stereocenters. The van der Waals surface area contributed by atoms with Gasteiger partial charge in [0.05, 0.1) is 16.6 Å². The maximum atomic E-state index is 12.9. The molecule has 0 fully saturated rings. The molecule has 3 aromatic rings. The Morgan fingerprint density at radius 2 is 1.31 bits per heavy atom. The number of nitrogens with zero attached hydrogens (tertiary/aromatic N) is 2. The molecule has 0 unspecified atom stereocenters. The minimum absolute atomic E-state index is 0. The minimum atomic E-state index is 0. The lowest BCUT2D eigenvalue weighted by molar-refractivity contribution is 0.0973. The highest BCUT2D eigenvalue weighted by molar-refractivity contribution is 15.0. The van der Waals surface area contributed by atoms with Crippen LogP contribution in [-0.2, 0) is 0 Å². The van der Waals surface area contributed by atoms with E-state index in [2.05, 4.69) is 58.0 Å². The molecule has 5 heteroatoms. The lowest BCUT2D eigenvalue weighted by atomic mass is 9.90. The Balaban J connectivity index is 0.00000121. The molecule has 0 radical (unpaired) electrons. The smallest absolute Gasteiger partial charge is 0.265 e. The second kappa shape index (κ2) is 9.30. The number of carbonyl (C=O) groups is 1. The monoisotopic (exact) mass is 578 g/mol. The van der Waals surface area contributed by atoms with E-state index in [1.54, 1.807) is 4.57 Å². The molecule has 2 heterocycles.